The van der Waals surface area contributed by atoms with Crippen LogP contribution in [0, 0.1) is 11.8 Å². The van der Waals surface area contributed by atoms with Crippen LogP contribution in [0.5, 0.6) is 5.75 Å². The molecule has 11 heteroatoms. The van der Waals surface area contributed by atoms with E-state index >= 15 is 0 Å². The first-order valence-electron chi connectivity index (χ1n) is 18.9. The monoisotopic (exact) mass is 678 g/mol. The average Bonchev–Trinajstić information content (AvgIpc) is 3.65. The van der Waals surface area contributed by atoms with Gasteiger partial charge in [0.15, 0.2) is 12.2 Å². The number of aromatic nitrogens is 1. The van der Waals surface area contributed by atoms with Crippen LogP contribution in [0.25, 0.3) is 0 Å². The van der Waals surface area contributed by atoms with E-state index in [1.807, 2.05) is 24.8 Å². The summed E-state index contributed by atoms with van der Waals surface area (Å²) in [5.41, 5.74) is 2.50. The molecule has 0 radical (unpaired) electrons. The molecule has 3 fully saturated rings. The number of nitrogens with one attached hydrogen (secondary N) is 2. The van der Waals surface area contributed by atoms with Gasteiger partial charge in [0.2, 0.25) is 11.8 Å². The molecule has 0 bridgehead atoms. The molecule has 1 aliphatic carbocycles. The van der Waals surface area contributed by atoms with Gasteiger partial charge in [-0.05, 0) is 55.4 Å². The number of hydrogen-bond donors (Lipinski definition) is 3. The van der Waals surface area contributed by atoms with E-state index in [9.17, 15) is 14.7 Å². The van der Waals surface area contributed by atoms with Crippen LogP contribution in [0.4, 0.5) is 0 Å². The van der Waals surface area contributed by atoms with Gasteiger partial charge in [0.05, 0.1) is 18.5 Å². The minimum absolute atomic E-state index is 0.0188. The summed E-state index contributed by atoms with van der Waals surface area (Å²) in [5.74, 6) is 1.70. The maximum Gasteiger partial charge on any atom is 0.225 e. The maximum absolute atomic E-state index is 13.5. The molecule has 2 saturated heterocycles. The number of nitrogens with zero attached hydrogens (tertiary/aromatic N) is 4. The van der Waals surface area contributed by atoms with Gasteiger partial charge in [0.1, 0.15) is 12.4 Å². The van der Waals surface area contributed by atoms with Crippen LogP contribution in [-0.4, -0.2) is 100 Å². The van der Waals surface area contributed by atoms with Crippen LogP contribution in [0.15, 0.2) is 35.2 Å². The second kappa shape index (κ2) is 17.3. The molecule has 3 atom stereocenters. The van der Waals surface area contributed by atoms with E-state index in [1.165, 1.54) is 68.9 Å². The highest BCUT2D eigenvalue weighted by Crippen LogP contribution is 2.30. The second-order valence-electron chi connectivity index (χ2n) is 15.2. The Hall–Kier alpha value is -2.99. The molecule has 49 heavy (non-hydrogen) atoms. The summed E-state index contributed by atoms with van der Waals surface area (Å²) in [6.45, 7) is 9.05. The minimum atomic E-state index is -0.637. The zero-order chi connectivity index (χ0) is 34.2. The number of aliphatic hydroxyl groups excluding tert-OH is 1. The number of rotatable bonds is 12. The number of likely N-dealkylation sites (tertiary alicyclic amines) is 2. The topological polar surface area (TPSA) is 123 Å². The molecule has 4 aliphatic rings. The fourth-order valence-electron chi connectivity index (χ4n) is 8.19. The van der Waals surface area contributed by atoms with Crippen molar-refractivity contribution in [2.24, 2.45) is 11.8 Å². The number of β-amino-alcohol motifs (C(OH)–C–C–N with tert-alkyl or cyclic N) is 1. The van der Waals surface area contributed by atoms with Crippen molar-refractivity contribution in [3.63, 3.8) is 0 Å². The van der Waals surface area contributed by atoms with Gasteiger partial charge in [-0.1, -0.05) is 58.4 Å². The van der Waals surface area contributed by atoms with Gasteiger partial charge in [-0.15, -0.1) is 0 Å². The Morgan fingerprint density at radius 1 is 1.04 bits per heavy atom. The third-order valence-corrected chi connectivity index (χ3v) is 11.0. The summed E-state index contributed by atoms with van der Waals surface area (Å²) in [7, 11) is 0. The molecule has 0 spiro atoms. The van der Waals surface area contributed by atoms with Gasteiger partial charge >= 0.3 is 0 Å². The van der Waals surface area contributed by atoms with Crippen LogP contribution in [0.3, 0.4) is 0 Å². The lowest BCUT2D eigenvalue weighted by Crippen LogP contribution is -2.66. The Labute approximate surface area is 292 Å². The number of oxazole rings is 1. The lowest BCUT2D eigenvalue weighted by molar-refractivity contribution is -0.140. The third kappa shape index (κ3) is 9.84. The zero-order valence-corrected chi connectivity index (χ0v) is 29.7. The van der Waals surface area contributed by atoms with Crippen LogP contribution in [0.1, 0.15) is 94.9 Å². The van der Waals surface area contributed by atoms with Gasteiger partial charge in [0.25, 0.3) is 0 Å². The van der Waals surface area contributed by atoms with Crippen molar-refractivity contribution in [3.8, 4) is 5.75 Å². The Balaban J connectivity index is 0.978. The molecule has 2 aromatic rings. The van der Waals surface area contributed by atoms with E-state index in [4.69, 9.17) is 9.15 Å². The van der Waals surface area contributed by atoms with Crippen LogP contribution in [0.2, 0.25) is 0 Å². The Morgan fingerprint density at radius 2 is 1.82 bits per heavy atom. The molecule has 270 valence electrons. The lowest BCUT2D eigenvalue weighted by atomic mass is 9.89. The van der Waals surface area contributed by atoms with Gasteiger partial charge in [0, 0.05) is 69.7 Å². The average molecular weight is 679 g/mol. The van der Waals surface area contributed by atoms with Crippen molar-refractivity contribution >= 4 is 11.8 Å². The SMILES string of the molecule is CC(C)C(=O)N1CC(NC2CC(C(=O)NC[C@H](O)CN3CCc4cc(OCc5cnco5)ccc4C3)CCN2C2CCCCCCCC2)C1. The number of piperidine rings is 1. The smallest absolute Gasteiger partial charge is 0.225 e. The van der Waals surface area contributed by atoms with Gasteiger partial charge in [-0.3, -0.25) is 24.7 Å². The van der Waals surface area contributed by atoms with E-state index in [-0.39, 0.29) is 42.4 Å². The number of amides is 2. The highest BCUT2D eigenvalue weighted by molar-refractivity contribution is 5.79. The summed E-state index contributed by atoms with van der Waals surface area (Å²) in [5, 5.41) is 18.0. The van der Waals surface area contributed by atoms with E-state index < -0.39 is 6.10 Å². The van der Waals surface area contributed by atoms with Gasteiger partial charge in [-0.2, -0.15) is 0 Å². The molecule has 6 rings (SSSR count). The lowest BCUT2D eigenvalue weighted by Gasteiger charge is -2.49. The normalized spacial score (nSPS) is 24.0. The number of hydrogen-bond acceptors (Lipinski definition) is 9. The predicted octanol–water partition coefficient (Wildman–Crippen LogP) is 4.09. The fraction of sp³-hybridized carbons (Fsp3) is 0.711. The van der Waals surface area contributed by atoms with Gasteiger partial charge in [-0.25, -0.2) is 4.98 Å². The van der Waals surface area contributed by atoms with E-state index in [0.29, 0.717) is 25.0 Å². The molecule has 4 heterocycles. The Morgan fingerprint density at radius 3 is 2.55 bits per heavy atom. The van der Waals surface area contributed by atoms with Crippen molar-refractivity contribution in [2.75, 3.05) is 39.3 Å². The molecular weight excluding hydrogens is 620 g/mol. The van der Waals surface area contributed by atoms with Crippen molar-refractivity contribution in [1.29, 1.82) is 0 Å². The van der Waals surface area contributed by atoms with E-state index in [1.54, 1.807) is 6.20 Å². The number of ether oxygens (including phenoxy) is 1. The first kappa shape index (κ1) is 35.8. The summed E-state index contributed by atoms with van der Waals surface area (Å²) >= 11 is 0. The fourth-order valence-corrected chi connectivity index (χ4v) is 8.19. The van der Waals surface area contributed by atoms with Crippen LogP contribution in [-0.2, 0) is 29.2 Å². The summed E-state index contributed by atoms with van der Waals surface area (Å²) in [6.07, 6.45) is 15.4. The summed E-state index contributed by atoms with van der Waals surface area (Å²) in [4.78, 5) is 36.8. The second-order valence-corrected chi connectivity index (χ2v) is 15.2. The largest absolute Gasteiger partial charge is 0.486 e. The first-order chi connectivity index (χ1) is 23.8. The van der Waals surface area contributed by atoms with Crippen molar-refractivity contribution in [1.82, 2.24) is 30.3 Å². The number of carbonyl (C=O) groups is 2. The van der Waals surface area contributed by atoms with E-state index in [0.717, 1.165) is 57.7 Å². The van der Waals surface area contributed by atoms with E-state index in [2.05, 4.69) is 37.6 Å². The molecule has 1 aromatic carbocycles. The van der Waals surface area contributed by atoms with Crippen molar-refractivity contribution in [2.45, 2.75) is 122 Å². The predicted molar refractivity (Wildman–Crippen MR) is 188 cm³/mol. The highest BCUT2D eigenvalue weighted by Gasteiger charge is 2.40. The molecule has 2 amide bonds. The quantitative estimate of drug-likeness (QED) is 0.305. The van der Waals surface area contributed by atoms with Crippen molar-refractivity contribution < 1.29 is 23.8 Å². The standard InChI is InChI=1S/C38H58N6O5/c1-27(2)38(47)43-22-31(23-43)41-36-18-29(14-16-44(36)32-9-7-5-3-4-6-8-10-32)37(46)40-19-33(45)24-42-15-13-28-17-34(12-11-30(28)21-42)48-25-35-20-39-26-49-35/h11-12,17,20,26-27,29,31-33,36,41,45H,3-10,13-16,18-19,21-25H2,1-2H3,(H,40,46)/t29?,33-,36?/m0/s1. The summed E-state index contributed by atoms with van der Waals surface area (Å²) < 4.78 is 11.1. The van der Waals surface area contributed by atoms with Crippen LogP contribution < -0.4 is 15.4 Å². The Bertz CT molecular complexity index is 1340. The number of carbonyl (C=O) groups excluding carboxylic acids is 2. The number of benzene rings is 1. The molecule has 1 aromatic heterocycles. The zero-order valence-electron chi connectivity index (χ0n) is 29.7. The van der Waals surface area contributed by atoms with Crippen molar-refractivity contribution in [3.05, 3.63) is 47.7 Å². The molecule has 1 saturated carbocycles. The van der Waals surface area contributed by atoms with Gasteiger partial charge < -0.3 is 24.5 Å². The molecule has 3 aliphatic heterocycles. The molecule has 3 N–H and O–H groups in total. The molecule has 11 nitrogen and oxygen atoms in total. The molecular formula is C38H58N6O5. The number of aliphatic hydroxyl groups is 1. The highest BCUT2D eigenvalue weighted by atomic mass is 16.5. The number of fused-ring (bicyclic) bond motifs is 1. The molecule has 2 unspecified atom stereocenters. The first-order valence-corrected chi connectivity index (χ1v) is 18.9. The Kier molecular flexibility index (Phi) is 12.6. The minimum Gasteiger partial charge on any atom is -0.486 e. The summed E-state index contributed by atoms with van der Waals surface area (Å²) in [6, 6.07) is 6.99. The maximum atomic E-state index is 13.5. The third-order valence-electron chi connectivity index (χ3n) is 11.0. The van der Waals surface area contributed by atoms with Crippen LogP contribution >= 0.6 is 0 Å².